The van der Waals surface area contributed by atoms with Gasteiger partial charge in [0.25, 0.3) is 0 Å². The number of rotatable bonds is 10. The molecule has 0 heterocycles. The van der Waals surface area contributed by atoms with Gasteiger partial charge in [-0.25, -0.2) is 0 Å². The number of unbranched alkanes of at least 4 members (excludes halogenated alkanes) is 1. The van der Waals surface area contributed by atoms with E-state index in [1.54, 1.807) is 0 Å². The summed E-state index contributed by atoms with van der Waals surface area (Å²) < 4.78 is 0. The van der Waals surface area contributed by atoms with E-state index in [1.165, 1.54) is 0 Å². The van der Waals surface area contributed by atoms with Crippen LogP contribution in [0.3, 0.4) is 0 Å². The fourth-order valence-corrected chi connectivity index (χ4v) is 1.28. The highest BCUT2D eigenvalue weighted by Crippen LogP contribution is 2.01. The van der Waals surface area contributed by atoms with E-state index in [1.807, 2.05) is 0 Å². The van der Waals surface area contributed by atoms with E-state index in [4.69, 9.17) is 42.7 Å². The van der Waals surface area contributed by atoms with Gasteiger partial charge in [-0.3, -0.25) is 4.79 Å². The van der Waals surface area contributed by atoms with Crippen LogP contribution in [-0.4, -0.2) is 81.3 Å². The number of carboxylic acid groups (broad SMARTS) is 1. The molecule has 0 aromatic rings. The van der Waals surface area contributed by atoms with E-state index in [0.29, 0.717) is 13.0 Å². The smallest absolute Gasteiger partial charge is 0.320 e. The molecule has 0 aliphatic rings. The summed E-state index contributed by atoms with van der Waals surface area (Å²) in [7, 11) is 0. The van der Waals surface area contributed by atoms with Gasteiger partial charge >= 0.3 is 5.97 Å². The molecule has 0 amide bonds. The van der Waals surface area contributed by atoms with Crippen molar-refractivity contribution in [3.05, 3.63) is 0 Å². The zero-order valence-corrected chi connectivity index (χ0v) is 12.3. The lowest BCUT2D eigenvalue weighted by Gasteiger charge is -2.23. The van der Waals surface area contributed by atoms with Crippen molar-refractivity contribution in [3.63, 3.8) is 0 Å². The highest BCUT2D eigenvalue weighted by molar-refractivity contribution is 5.72. The molecule has 0 unspecified atom stereocenters. The Bertz CT molecular complexity index is 306. The predicted octanol–water partition coefficient (Wildman–Crippen LogP) is -3.89. The van der Waals surface area contributed by atoms with Gasteiger partial charge in [-0.05, 0) is 19.4 Å². The van der Waals surface area contributed by atoms with Gasteiger partial charge in [0.15, 0.2) is 0 Å². The Kier molecular flexibility index (Phi) is 14.2. The number of carboxylic acids is 1. The number of aliphatic hydroxyl groups excluding tert-OH is 4. The molecule has 0 bridgehead atoms. The van der Waals surface area contributed by atoms with Gasteiger partial charge in [0.1, 0.15) is 30.6 Å². The van der Waals surface area contributed by atoms with Crippen molar-refractivity contribution in [2.75, 3.05) is 13.2 Å². The van der Waals surface area contributed by atoms with Crippen LogP contribution in [0.2, 0.25) is 0 Å². The maximum atomic E-state index is 10.1. The molecule has 0 saturated heterocycles. The minimum absolute atomic E-state index is 0.248. The van der Waals surface area contributed by atoms with E-state index in [2.05, 4.69) is 0 Å². The molecule has 0 aromatic carbocycles. The molecule has 0 fully saturated rings. The first-order valence-corrected chi connectivity index (χ1v) is 6.77. The highest BCUT2D eigenvalue weighted by Gasteiger charge is 2.28. The van der Waals surface area contributed by atoms with Crippen LogP contribution < -0.4 is 17.2 Å². The lowest BCUT2D eigenvalue weighted by Crippen LogP contribution is -2.49. The number of carbonyl (C=O) groups excluding carboxylic acids is 1. The molecule has 0 rings (SSSR count). The lowest BCUT2D eigenvalue weighted by molar-refractivity contribution is -0.138. The number of carbonyl (C=O) groups is 2. The molecule has 0 spiro atoms. The van der Waals surface area contributed by atoms with Crippen molar-refractivity contribution >= 4 is 12.3 Å². The maximum Gasteiger partial charge on any atom is 0.320 e. The Balaban J connectivity index is 0. The average molecular weight is 325 g/mol. The zero-order valence-electron chi connectivity index (χ0n) is 12.3. The van der Waals surface area contributed by atoms with Crippen LogP contribution in [0.1, 0.15) is 19.3 Å². The number of aliphatic carboxylic acids is 1. The van der Waals surface area contributed by atoms with E-state index >= 15 is 0 Å². The molecular weight excluding hydrogens is 298 g/mol. The zero-order chi connectivity index (χ0) is 17.7. The minimum atomic E-state index is -1.62. The Morgan fingerprint density at radius 2 is 1.64 bits per heavy atom. The summed E-state index contributed by atoms with van der Waals surface area (Å²) in [5, 5.41) is 43.5. The van der Waals surface area contributed by atoms with Crippen LogP contribution in [-0.2, 0) is 9.59 Å². The molecule has 0 aliphatic carbocycles. The van der Waals surface area contributed by atoms with Crippen molar-refractivity contribution < 1.29 is 35.1 Å². The van der Waals surface area contributed by atoms with Gasteiger partial charge in [-0.2, -0.15) is 0 Å². The Morgan fingerprint density at radius 3 is 2.00 bits per heavy atom. The SMILES string of the molecule is NCCCC[C@H](N)C(=O)O.N[C@@H](C=O)[C@@H](O)[C@H](O)[C@H](O)CO. The van der Waals surface area contributed by atoms with Crippen molar-refractivity contribution in [1.82, 2.24) is 0 Å². The van der Waals surface area contributed by atoms with Crippen LogP contribution >= 0.6 is 0 Å². The van der Waals surface area contributed by atoms with Gasteiger partial charge < -0.3 is 47.5 Å². The van der Waals surface area contributed by atoms with E-state index < -0.39 is 43.0 Å². The normalized spacial score (nSPS) is 17.4. The summed E-state index contributed by atoms with van der Waals surface area (Å²) in [4.78, 5) is 20.2. The number of nitrogens with two attached hydrogens (primary N) is 3. The second kappa shape index (κ2) is 13.5. The molecule has 0 aliphatic heterocycles. The second-order valence-corrected chi connectivity index (χ2v) is 4.67. The maximum absolute atomic E-state index is 10.1. The Labute approximate surface area is 128 Å². The fraction of sp³-hybridized carbons (Fsp3) is 0.833. The number of hydrogen-bond donors (Lipinski definition) is 8. The third-order valence-corrected chi connectivity index (χ3v) is 2.77. The van der Waals surface area contributed by atoms with E-state index in [0.717, 1.165) is 12.8 Å². The monoisotopic (exact) mass is 325 g/mol. The van der Waals surface area contributed by atoms with Gasteiger partial charge in [-0.15, -0.1) is 0 Å². The van der Waals surface area contributed by atoms with E-state index in [-0.39, 0.29) is 6.29 Å². The predicted molar refractivity (Wildman–Crippen MR) is 77.7 cm³/mol. The van der Waals surface area contributed by atoms with Crippen LogP contribution in [0.5, 0.6) is 0 Å². The average Bonchev–Trinajstić information content (AvgIpc) is 2.52. The number of hydrogen-bond acceptors (Lipinski definition) is 9. The van der Waals surface area contributed by atoms with Crippen LogP contribution in [0.25, 0.3) is 0 Å². The molecule has 0 radical (unpaired) electrons. The van der Waals surface area contributed by atoms with Crippen LogP contribution in [0.15, 0.2) is 0 Å². The summed E-state index contributed by atoms with van der Waals surface area (Å²) in [6.45, 7) is -0.101. The molecule has 22 heavy (non-hydrogen) atoms. The molecule has 0 aromatic heterocycles. The van der Waals surface area contributed by atoms with Gasteiger partial charge in [0.2, 0.25) is 0 Å². The second-order valence-electron chi connectivity index (χ2n) is 4.67. The molecular formula is C12H27N3O7. The quantitative estimate of drug-likeness (QED) is 0.144. The Morgan fingerprint density at radius 1 is 1.09 bits per heavy atom. The van der Waals surface area contributed by atoms with Gasteiger partial charge in [0.05, 0.1) is 12.6 Å². The van der Waals surface area contributed by atoms with Crippen LogP contribution in [0, 0.1) is 0 Å². The van der Waals surface area contributed by atoms with Crippen molar-refractivity contribution in [1.29, 1.82) is 0 Å². The number of aldehydes is 1. The molecule has 132 valence electrons. The first-order valence-electron chi connectivity index (χ1n) is 6.77. The van der Waals surface area contributed by atoms with Gasteiger partial charge in [-0.1, -0.05) is 6.42 Å². The van der Waals surface area contributed by atoms with Crippen molar-refractivity contribution in [2.45, 2.75) is 49.7 Å². The Hall–Kier alpha value is -1.14. The van der Waals surface area contributed by atoms with Gasteiger partial charge in [0, 0.05) is 0 Å². The molecule has 5 atom stereocenters. The first-order chi connectivity index (χ1) is 10.2. The summed E-state index contributed by atoms with van der Waals surface area (Å²) in [5.41, 5.74) is 15.5. The third kappa shape index (κ3) is 10.6. The van der Waals surface area contributed by atoms with E-state index in [9.17, 15) is 9.59 Å². The first kappa shape index (κ1) is 23.1. The fourth-order valence-electron chi connectivity index (χ4n) is 1.28. The van der Waals surface area contributed by atoms with Crippen molar-refractivity contribution in [2.24, 2.45) is 17.2 Å². The molecule has 11 N–H and O–H groups in total. The molecule has 0 saturated carbocycles. The lowest BCUT2D eigenvalue weighted by atomic mass is 10.0. The summed E-state index contributed by atoms with van der Waals surface area (Å²) in [6, 6.07) is -1.98. The summed E-state index contributed by atoms with van der Waals surface area (Å²) in [6.07, 6.45) is -2.26. The standard InChI is InChI=1S/C6H14N2O2.C6H13NO5/c7-4-2-1-3-5(8)6(9)10;7-3(1-8)5(11)6(12)4(10)2-9/h5H,1-4,7-8H2,(H,9,10);1,3-6,9-12H,2,7H2/t5-;3-,4+,5+,6+/m00/s1. The number of aliphatic hydroxyl groups is 4. The topological polar surface area (TPSA) is 213 Å². The molecule has 10 nitrogen and oxygen atoms in total. The van der Waals surface area contributed by atoms with Crippen LogP contribution in [0.4, 0.5) is 0 Å². The minimum Gasteiger partial charge on any atom is -0.480 e. The molecule has 10 heteroatoms. The third-order valence-electron chi connectivity index (χ3n) is 2.77. The van der Waals surface area contributed by atoms with Crippen molar-refractivity contribution in [3.8, 4) is 0 Å². The highest BCUT2D eigenvalue weighted by atomic mass is 16.4. The summed E-state index contributed by atoms with van der Waals surface area (Å²) in [5.74, 6) is -0.933. The summed E-state index contributed by atoms with van der Waals surface area (Å²) >= 11 is 0. The largest absolute Gasteiger partial charge is 0.480 e.